The molecule has 4 N–H and O–H groups in total. The first-order valence-electron chi connectivity index (χ1n) is 10.6. The van der Waals surface area contributed by atoms with E-state index >= 15 is 0 Å². The molecule has 1 saturated heterocycles. The van der Waals surface area contributed by atoms with E-state index in [1.807, 2.05) is 4.57 Å². The summed E-state index contributed by atoms with van der Waals surface area (Å²) in [5, 5.41) is 7.49. The highest BCUT2D eigenvalue weighted by molar-refractivity contribution is 6.39. The molecular formula is C24H25Cl2FN6. The molecule has 0 bridgehead atoms. The van der Waals surface area contributed by atoms with Gasteiger partial charge in [0.1, 0.15) is 29.0 Å². The molecule has 2 aromatic carbocycles. The molecule has 1 fully saturated rings. The van der Waals surface area contributed by atoms with Gasteiger partial charge in [0.25, 0.3) is 0 Å². The molecule has 4 rings (SSSR count). The van der Waals surface area contributed by atoms with E-state index in [9.17, 15) is 4.39 Å². The fourth-order valence-electron chi connectivity index (χ4n) is 3.79. The zero-order valence-corrected chi connectivity index (χ0v) is 19.5. The fraction of sp³-hybridized carbons (Fsp3) is 0.250. The van der Waals surface area contributed by atoms with Gasteiger partial charge in [0.15, 0.2) is 0 Å². The number of nitrogens with two attached hydrogens (primary N) is 1. The molecular weight excluding hydrogens is 462 g/mol. The van der Waals surface area contributed by atoms with E-state index in [4.69, 9.17) is 33.9 Å². The maximum atomic E-state index is 13.1. The number of nitrogens with zero attached hydrogens (tertiary/aromatic N) is 3. The number of halogens is 3. The SMILES string of the molecule is C=C(N=Cc1nc(-c2c(Cl)cccc2Cl)n(C[C@H]2CCNC2)c1N)NCc1ccc(F)cc1. The van der Waals surface area contributed by atoms with Gasteiger partial charge in [-0.15, -0.1) is 0 Å². The van der Waals surface area contributed by atoms with Crippen LogP contribution >= 0.6 is 23.2 Å². The van der Waals surface area contributed by atoms with Crippen molar-refractivity contribution >= 4 is 35.2 Å². The predicted molar refractivity (Wildman–Crippen MR) is 133 cm³/mol. The Hall–Kier alpha value is -2.87. The number of imidazole rings is 1. The summed E-state index contributed by atoms with van der Waals surface area (Å²) in [5.74, 6) is 1.69. The summed E-state index contributed by atoms with van der Waals surface area (Å²) in [5.41, 5.74) is 8.57. The number of hydrogen-bond donors (Lipinski definition) is 3. The summed E-state index contributed by atoms with van der Waals surface area (Å²) < 4.78 is 15.0. The summed E-state index contributed by atoms with van der Waals surface area (Å²) in [6, 6.07) is 11.6. The third-order valence-electron chi connectivity index (χ3n) is 5.58. The van der Waals surface area contributed by atoms with E-state index in [1.165, 1.54) is 12.1 Å². The zero-order valence-electron chi connectivity index (χ0n) is 18.0. The Morgan fingerprint density at radius 1 is 1.27 bits per heavy atom. The van der Waals surface area contributed by atoms with Crippen LogP contribution in [0.2, 0.25) is 10.0 Å². The van der Waals surface area contributed by atoms with Gasteiger partial charge in [-0.2, -0.15) is 0 Å². The number of benzene rings is 2. The normalized spacial score (nSPS) is 15.9. The molecule has 9 heteroatoms. The van der Waals surface area contributed by atoms with Gasteiger partial charge in [-0.25, -0.2) is 14.4 Å². The first kappa shape index (κ1) is 23.3. The maximum Gasteiger partial charge on any atom is 0.145 e. The van der Waals surface area contributed by atoms with Crippen molar-refractivity contribution in [3.63, 3.8) is 0 Å². The smallest absolute Gasteiger partial charge is 0.145 e. The third kappa shape index (κ3) is 5.55. The van der Waals surface area contributed by atoms with Gasteiger partial charge in [0.05, 0.1) is 21.8 Å². The van der Waals surface area contributed by atoms with Gasteiger partial charge in [0, 0.05) is 13.1 Å². The quantitative estimate of drug-likeness (QED) is 0.396. The minimum atomic E-state index is -0.274. The molecule has 6 nitrogen and oxygen atoms in total. The van der Waals surface area contributed by atoms with Crippen molar-refractivity contribution in [2.75, 3.05) is 18.8 Å². The van der Waals surface area contributed by atoms with Crippen molar-refractivity contribution in [3.05, 3.63) is 82.0 Å². The highest BCUT2D eigenvalue weighted by Crippen LogP contribution is 2.36. The average molecular weight is 487 g/mol. The van der Waals surface area contributed by atoms with E-state index < -0.39 is 0 Å². The van der Waals surface area contributed by atoms with Crippen LogP contribution < -0.4 is 16.4 Å². The molecule has 0 saturated carbocycles. The molecule has 0 spiro atoms. The lowest BCUT2D eigenvalue weighted by molar-refractivity contribution is 0.488. The van der Waals surface area contributed by atoms with Crippen LogP contribution in [0.25, 0.3) is 11.4 Å². The zero-order chi connectivity index (χ0) is 23.4. The topological polar surface area (TPSA) is 80.3 Å². The number of rotatable bonds is 8. The van der Waals surface area contributed by atoms with Crippen LogP contribution in [0.5, 0.6) is 0 Å². The molecule has 1 atom stereocenters. The van der Waals surface area contributed by atoms with Crippen molar-refractivity contribution < 1.29 is 4.39 Å². The Balaban J connectivity index is 1.58. The molecule has 2 heterocycles. The standard InChI is InChI=1S/C24H25Cl2FN6/c1-15(30-12-16-5-7-18(27)8-6-16)31-13-21-23(28)33(14-17-9-10-29-11-17)24(32-21)22-19(25)3-2-4-20(22)26/h2-8,13,17,29-30H,1,9-12,14,28H2/t17-/m0/s1. The Morgan fingerprint density at radius 2 is 2.00 bits per heavy atom. The minimum absolute atomic E-state index is 0.274. The number of aliphatic imine (C=N–C) groups is 1. The lowest BCUT2D eigenvalue weighted by Crippen LogP contribution is -2.17. The van der Waals surface area contributed by atoms with E-state index in [-0.39, 0.29) is 5.82 Å². The van der Waals surface area contributed by atoms with Gasteiger partial charge in [-0.3, -0.25) is 0 Å². The second-order valence-corrected chi connectivity index (χ2v) is 8.77. The van der Waals surface area contributed by atoms with E-state index in [1.54, 1.807) is 36.5 Å². The molecule has 0 aliphatic carbocycles. The van der Waals surface area contributed by atoms with Crippen molar-refractivity contribution in [2.45, 2.75) is 19.5 Å². The predicted octanol–water partition coefficient (Wildman–Crippen LogP) is 4.87. The molecule has 0 radical (unpaired) electrons. The minimum Gasteiger partial charge on any atom is -0.383 e. The molecule has 172 valence electrons. The Morgan fingerprint density at radius 3 is 2.67 bits per heavy atom. The van der Waals surface area contributed by atoms with Crippen LogP contribution in [0.1, 0.15) is 17.7 Å². The van der Waals surface area contributed by atoms with Crippen LogP contribution in [0.15, 0.2) is 59.9 Å². The second-order valence-electron chi connectivity index (χ2n) is 7.96. The Bertz CT molecular complexity index is 1150. The van der Waals surface area contributed by atoms with Crippen LogP contribution in [0, 0.1) is 11.7 Å². The second kappa shape index (κ2) is 10.4. The first-order valence-corrected chi connectivity index (χ1v) is 11.4. The van der Waals surface area contributed by atoms with Gasteiger partial charge in [-0.1, -0.05) is 48.0 Å². The maximum absolute atomic E-state index is 13.1. The van der Waals surface area contributed by atoms with Crippen molar-refractivity contribution in [1.82, 2.24) is 20.2 Å². The first-order chi connectivity index (χ1) is 15.9. The van der Waals surface area contributed by atoms with E-state index in [0.29, 0.717) is 57.8 Å². The van der Waals surface area contributed by atoms with Crippen LogP contribution in [0.3, 0.4) is 0 Å². The third-order valence-corrected chi connectivity index (χ3v) is 6.21. The van der Waals surface area contributed by atoms with Crippen LogP contribution in [-0.2, 0) is 13.1 Å². The molecule has 0 unspecified atom stereocenters. The van der Waals surface area contributed by atoms with Gasteiger partial charge in [-0.05, 0) is 55.3 Å². The number of nitrogen functional groups attached to an aromatic ring is 1. The van der Waals surface area contributed by atoms with E-state index in [0.717, 1.165) is 25.1 Å². The highest BCUT2D eigenvalue weighted by atomic mass is 35.5. The van der Waals surface area contributed by atoms with Crippen molar-refractivity contribution in [3.8, 4) is 11.4 Å². The monoisotopic (exact) mass is 486 g/mol. The van der Waals surface area contributed by atoms with Crippen molar-refractivity contribution in [2.24, 2.45) is 10.9 Å². The lowest BCUT2D eigenvalue weighted by Gasteiger charge is -2.15. The number of anilines is 1. The number of nitrogens with one attached hydrogen (secondary N) is 2. The fourth-order valence-corrected chi connectivity index (χ4v) is 4.35. The average Bonchev–Trinajstić information content (AvgIpc) is 3.41. The molecule has 1 aliphatic rings. The molecule has 3 aromatic rings. The molecule has 0 amide bonds. The summed E-state index contributed by atoms with van der Waals surface area (Å²) in [6.45, 7) is 6.98. The van der Waals surface area contributed by atoms with Gasteiger partial charge < -0.3 is 20.9 Å². The number of hydrogen-bond acceptors (Lipinski definition) is 5. The molecule has 1 aromatic heterocycles. The summed E-state index contributed by atoms with van der Waals surface area (Å²) in [4.78, 5) is 9.11. The van der Waals surface area contributed by atoms with E-state index in [2.05, 4.69) is 22.2 Å². The molecule has 1 aliphatic heterocycles. The Kier molecular flexibility index (Phi) is 7.33. The lowest BCUT2D eigenvalue weighted by atomic mass is 10.1. The van der Waals surface area contributed by atoms with Crippen molar-refractivity contribution in [1.29, 1.82) is 0 Å². The Labute approximate surface area is 202 Å². The largest absolute Gasteiger partial charge is 0.383 e. The molecule has 33 heavy (non-hydrogen) atoms. The summed E-state index contributed by atoms with van der Waals surface area (Å²) in [7, 11) is 0. The van der Waals surface area contributed by atoms with Crippen LogP contribution in [0.4, 0.5) is 10.2 Å². The highest BCUT2D eigenvalue weighted by Gasteiger charge is 2.23. The summed E-state index contributed by atoms with van der Waals surface area (Å²) >= 11 is 13.0. The number of aromatic nitrogens is 2. The van der Waals surface area contributed by atoms with Gasteiger partial charge in [0.2, 0.25) is 0 Å². The summed E-state index contributed by atoms with van der Waals surface area (Å²) in [6.07, 6.45) is 2.63. The van der Waals surface area contributed by atoms with Gasteiger partial charge >= 0.3 is 0 Å². The van der Waals surface area contributed by atoms with Crippen LogP contribution in [-0.4, -0.2) is 28.9 Å².